The number of carbonyl (C=O) groups is 2. The van der Waals surface area contributed by atoms with E-state index in [-0.39, 0.29) is 22.5 Å². The van der Waals surface area contributed by atoms with Crippen molar-refractivity contribution in [1.29, 1.82) is 0 Å². The first-order chi connectivity index (χ1) is 15.2. The molecule has 0 aliphatic carbocycles. The minimum absolute atomic E-state index is 0.113. The van der Waals surface area contributed by atoms with E-state index < -0.39 is 0 Å². The molecular formula is C25H33N3O3S. The molecule has 0 atom stereocenters. The van der Waals surface area contributed by atoms with Gasteiger partial charge in [0, 0.05) is 11.1 Å². The van der Waals surface area contributed by atoms with Gasteiger partial charge in [-0.05, 0) is 75.8 Å². The molecule has 2 amide bonds. The highest BCUT2D eigenvalue weighted by Crippen LogP contribution is 2.17. The highest BCUT2D eigenvalue weighted by Gasteiger charge is 2.18. The van der Waals surface area contributed by atoms with E-state index in [4.69, 9.17) is 17.0 Å². The Kier molecular flexibility index (Phi) is 9.65. The van der Waals surface area contributed by atoms with Crippen LogP contribution in [0, 0.1) is 0 Å². The molecule has 172 valence electrons. The van der Waals surface area contributed by atoms with Crippen molar-refractivity contribution in [2.45, 2.75) is 58.9 Å². The Morgan fingerprint density at radius 3 is 2.28 bits per heavy atom. The molecule has 0 aromatic heterocycles. The summed E-state index contributed by atoms with van der Waals surface area (Å²) in [5.41, 5.74) is 1.06. The largest absolute Gasteiger partial charge is 0.494 e. The summed E-state index contributed by atoms with van der Waals surface area (Å²) < 4.78 is 5.71. The molecule has 32 heavy (non-hydrogen) atoms. The molecule has 7 heteroatoms. The van der Waals surface area contributed by atoms with Crippen molar-refractivity contribution in [3.05, 3.63) is 59.7 Å². The first-order valence-electron chi connectivity index (χ1n) is 11.0. The van der Waals surface area contributed by atoms with Gasteiger partial charge >= 0.3 is 0 Å². The molecule has 2 aromatic carbocycles. The second-order valence-electron chi connectivity index (χ2n) is 8.59. The summed E-state index contributed by atoms with van der Waals surface area (Å²) in [4.78, 5) is 25.1. The van der Waals surface area contributed by atoms with Crippen LogP contribution in [0.3, 0.4) is 0 Å². The fourth-order valence-electron chi connectivity index (χ4n) is 2.95. The third-order valence-corrected chi connectivity index (χ3v) is 4.72. The summed E-state index contributed by atoms with van der Waals surface area (Å²) in [5, 5.41) is 8.64. The molecular weight excluding hydrogens is 422 g/mol. The molecule has 0 bridgehead atoms. The lowest BCUT2D eigenvalue weighted by atomic mass is 10.1. The SMILES string of the molecule is CCCCCCOc1ccc(C(=O)NC(=S)Nc2ccccc2C(=O)NC(C)(C)C)cc1. The quantitative estimate of drug-likeness (QED) is 0.353. The predicted molar refractivity (Wildman–Crippen MR) is 133 cm³/mol. The first-order valence-corrected chi connectivity index (χ1v) is 11.4. The molecule has 0 fully saturated rings. The number of hydrogen-bond acceptors (Lipinski definition) is 4. The number of nitrogens with one attached hydrogen (secondary N) is 3. The van der Waals surface area contributed by atoms with Gasteiger partial charge in [-0.3, -0.25) is 14.9 Å². The molecule has 0 saturated carbocycles. The molecule has 3 N–H and O–H groups in total. The van der Waals surface area contributed by atoms with Crippen LogP contribution in [0.15, 0.2) is 48.5 Å². The normalized spacial score (nSPS) is 10.9. The lowest BCUT2D eigenvalue weighted by Crippen LogP contribution is -2.41. The van der Waals surface area contributed by atoms with E-state index in [0.29, 0.717) is 23.4 Å². The predicted octanol–water partition coefficient (Wildman–Crippen LogP) is 5.30. The number of amides is 2. The van der Waals surface area contributed by atoms with E-state index in [2.05, 4.69) is 22.9 Å². The van der Waals surface area contributed by atoms with Crippen LogP contribution in [0.2, 0.25) is 0 Å². The topological polar surface area (TPSA) is 79.5 Å². The molecule has 0 radical (unpaired) electrons. The standard InChI is InChI=1S/C25H33N3O3S/c1-5-6-7-10-17-31-19-15-13-18(14-16-19)22(29)27-24(32)26-21-12-9-8-11-20(21)23(30)28-25(2,3)4/h8-9,11-16H,5-7,10,17H2,1-4H3,(H,28,30)(H2,26,27,29,32). The zero-order valence-electron chi connectivity index (χ0n) is 19.3. The van der Waals surface area contributed by atoms with Gasteiger partial charge < -0.3 is 15.4 Å². The van der Waals surface area contributed by atoms with Gasteiger partial charge in [0.1, 0.15) is 5.75 Å². The van der Waals surface area contributed by atoms with Crippen LogP contribution in [0.1, 0.15) is 74.1 Å². The zero-order chi connectivity index (χ0) is 23.6. The van der Waals surface area contributed by atoms with E-state index in [9.17, 15) is 9.59 Å². The van der Waals surface area contributed by atoms with Crippen molar-refractivity contribution < 1.29 is 14.3 Å². The highest BCUT2D eigenvalue weighted by atomic mass is 32.1. The Bertz CT molecular complexity index is 921. The number of unbranched alkanes of at least 4 members (excludes halogenated alkanes) is 3. The minimum Gasteiger partial charge on any atom is -0.494 e. The Morgan fingerprint density at radius 2 is 1.62 bits per heavy atom. The van der Waals surface area contributed by atoms with E-state index in [1.807, 2.05) is 20.8 Å². The molecule has 0 spiro atoms. The van der Waals surface area contributed by atoms with Crippen LogP contribution < -0.4 is 20.7 Å². The second-order valence-corrected chi connectivity index (χ2v) is 9.00. The molecule has 0 unspecified atom stereocenters. The van der Waals surface area contributed by atoms with Gasteiger partial charge in [0.05, 0.1) is 17.9 Å². The number of anilines is 1. The van der Waals surface area contributed by atoms with E-state index >= 15 is 0 Å². The average Bonchev–Trinajstić information content (AvgIpc) is 2.73. The van der Waals surface area contributed by atoms with Gasteiger partial charge in [0.25, 0.3) is 11.8 Å². The molecule has 2 rings (SSSR count). The van der Waals surface area contributed by atoms with Crippen molar-refractivity contribution in [1.82, 2.24) is 10.6 Å². The summed E-state index contributed by atoms with van der Waals surface area (Å²) in [6.07, 6.45) is 4.58. The number of hydrogen-bond donors (Lipinski definition) is 3. The Labute approximate surface area is 196 Å². The number of rotatable bonds is 9. The Hall–Kier alpha value is -2.93. The van der Waals surface area contributed by atoms with Crippen molar-refractivity contribution in [3.8, 4) is 5.75 Å². The third-order valence-electron chi connectivity index (χ3n) is 4.52. The summed E-state index contributed by atoms with van der Waals surface area (Å²) in [5.74, 6) is 0.172. The lowest BCUT2D eigenvalue weighted by molar-refractivity contribution is 0.0919. The maximum atomic E-state index is 12.6. The summed E-state index contributed by atoms with van der Waals surface area (Å²) in [6, 6.07) is 14.0. The van der Waals surface area contributed by atoms with Gasteiger partial charge in [-0.25, -0.2) is 0 Å². The van der Waals surface area contributed by atoms with Crippen molar-refractivity contribution in [2.24, 2.45) is 0 Å². The molecule has 0 aliphatic rings. The molecule has 2 aromatic rings. The molecule has 0 saturated heterocycles. The fraction of sp³-hybridized carbons (Fsp3) is 0.400. The van der Waals surface area contributed by atoms with E-state index in [1.54, 1.807) is 48.5 Å². The monoisotopic (exact) mass is 455 g/mol. The number of para-hydroxylation sites is 1. The number of carbonyl (C=O) groups excluding carboxylic acids is 2. The Balaban J connectivity index is 1.92. The highest BCUT2D eigenvalue weighted by molar-refractivity contribution is 7.80. The zero-order valence-corrected chi connectivity index (χ0v) is 20.1. The van der Waals surface area contributed by atoms with Gasteiger partial charge in [0.2, 0.25) is 0 Å². The van der Waals surface area contributed by atoms with Crippen LogP contribution in [0.25, 0.3) is 0 Å². The number of thiocarbonyl (C=S) groups is 1. The van der Waals surface area contributed by atoms with Crippen molar-refractivity contribution in [2.75, 3.05) is 11.9 Å². The van der Waals surface area contributed by atoms with Gasteiger partial charge in [-0.1, -0.05) is 38.3 Å². The van der Waals surface area contributed by atoms with Gasteiger partial charge in [0.15, 0.2) is 5.11 Å². The van der Waals surface area contributed by atoms with Crippen molar-refractivity contribution in [3.63, 3.8) is 0 Å². The Morgan fingerprint density at radius 1 is 0.938 bits per heavy atom. The summed E-state index contributed by atoms with van der Waals surface area (Å²) in [6.45, 7) is 8.58. The summed E-state index contributed by atoms with van der Waals surface area (Å²) >= 11 is 5.29. The lowest BCUT2D eigenvalue weighted by Gasteiger charge is -2.21. The smallest absolute Gasteiger partial charge is 0.257 e. The number of ether oxygens (including phenoxy) is 1. The van der Waals surface area contributed by atoms with Crippen LogP contribution >= 0.6 is 12.2 Å². The minimum atomic E-state index is -0.371. The van der Waals surface area contributed by atoms with Crippen molar-refractivity contribution >= 4 is 34.8 Å². The van der Waals surface area contributed by atoms with Gasteiger partial charge in [-0.15, -0.1) is 0 Å². The molecule has 6 nitrogen and oxygen atoms in total. The molecule has 0 heterocycles. The molecule has 0 aliphatic heterocycles. The van der Waals surface area contributed by atoms with E-state index in [0.717, 1.165) is 18.6 Å². The number of benzene rings is 2. The average molecular weight is 456 g/mol. The van der Waals surface area contributed by atoms with E-state index in [1.165, 1.54) is 12.8 Å². The van der Waals surface area contributed by atoms with Crippen LogP contribution in [-0.2, 0) is 0 Å². The van der Waals surface area contributed by atoms with Gasteiger partial charge in [-0.2, -0.15) is 0 Å². The third kappa shape index (κ3) is 8.67. The maximum Gasteiger partial charge on any atom is 0.257 e. The maximum absolute atomic E-state index is 12.6. The van der Waals surface area contributed by atoms with Crippen LogP contribution in [-0.4, -0.2) is 29.1 Å². The van der Waals surface area contributed by atoms with Crippen LogP contribution in [0.4, 0.5) is 5.69 Å². The summed E-state index contributed by atoms with van der Waals surface area (Å²) in [7, 11) is 0. The van der Waals surface area contributed by atoms with Crippen LogP contribution in [0.5, 0.6) is 5.75 Å². The second kappa shape index (κ2) is 12.2. The fourth-order valence-corrected chi connectivity index (χ4v) is 3.15. The first kappa shape index (κ1) is 25.3.